The predicted octanol–water partition coefficient (Wildman–Crippen LogP) is 5.38. The molecule has 2 aliphatic rings. The normalized spacial score (nSPS) is 24.1. The van der Waals surface area contributed by atoms with Crippen LogP contribution in [0.1, 0.15) is 37.7 Å². The van der Waals surface area contributed by atoms with Crippen molar-refractivity contribution in [3.8, 4) is 0 Å². The van der Waals surface area contributed by atoms with E-state index in [9.17, 15) is 4.39 Å². The third-order valence-electron chi connectivity index (χ3n) is 4.05. The highest BCUT2D eigenvalue weighted by Gasteiger charge is 2.26. The number of fused-ring (bicyclic) bond motifs is 1. The van der Waals surface area contributed by atoms with Crippen molar-refractivity contribution in [2.75, 3.05) is 18.1 Å². The van der Waals surface area contributed by atoms with Gasteiger partial charge in [-0.25, -0.2) is 4.39 Å². The molecule has 0 saturated carbocycles. The molecule has 1 aromatic rings. The Kier molecular flexibility index (Phi) is 4.87. The number of benzene rings is 1. The van der Waals surface area contributed by atoms with Gasteiger partial charge in [0.1, 0.15) is 12.0 Å². The molecule has 1 fully saturated rings. The molecule has 0 amide bonds. The summed E-state index contributed by atoms with van der Waals surface area (Å²) in [6.07, 6.45) is 9.49. The number of anilines is 1. The van der Waals surface area contributed by atoms with Crippen LogP contribution in [-0.4, -0.2) is 19.4 Å². The minimum Gasteiger partial charge on any atom is -0.358 e. The number of hydrogen-bond acceptors (Lipinski definition) is 2. The summed E-state index contributed by atoms with van der Waals surface area (Å²) in [5, 5.41) is 0.142. The van der Waals surface area contributed by atoms with Crippen LogP contribution in [0.3, 0.4) is 0 Å². The summed E-state index contributed by atoms with van der Waals surface area (Å²) in [5.41, 5.74) is 1.81. The Balaban J connectivity index is 2.06. The molecule has 0 bridgehead atoms. The summed E-state index contributed by atoms with van der Waals surface area (Å²) in [4.78, 5) is 2.20. The smallest absolute Gasteiger partial charge is 0.145 e. The van der Waals surface area contributed by atoms with Gasteiger partial charge in [0.25, 0.3) is 0 Å². The SMILES string of the molecule is Fc1cc2c(c(Br)c1Cl)/C=C/CCCN2C1CCCCO1. The van der Waals surface area contributed by atoms with Gasteiger partial charge in [-0.05, 0) is 54.1 Å². The van der Waals surface area contributed by atoms with Crippen LogP contribution in [-0.2, 0) is 4.74 Å². The van der Waals surface area contributed by atoms with Gasteiger partial charge in [-0.1, -0.05) is 23.8 Å². The molecule has 2 aliphatic heterocycles. The van der Waals surface area contributed by atoms with E-state index in [1.807, 2.05) is 6.08 Å². The van der Waals surface area contributed by atoms with E-state index >= 15 is 0 Å². The van der Waals surface area contributed by atoms with E-state index in [0.29, 0.717) is 4.47 Å². The van der Waals surface area contributed by atoms with Crippen LogP contribution in [0.4, 0.5) is 10.1 Å². The van der Waals surface area contributed by atoms with Gasteiger partial charge in [-0.3, -0.25) is 0 Å². The average molecular weight is 375 g/mol. The third kappa shape index (κ3) is 3.13. The molecule has 3 rings (SSSR count). The van der Waals surface area contributed by atoms with Crippen molar-refractivity contribution >= 4 is 39.3 Å². The number of halogens is 3. The molecule has 1 aromatic carbocycles. The summed E-state index contributed by atoms with van der Waals surface area (Å²) in [6.45, 7) is 1.65. The summed E-state index contributed by atoms with van der Waals surface area (Å²) < 4.78 is 20.6. The number of allylic oxidation sites excluding steroid dienone is 1. The number of ether oxygens (including phenoxy) is 1. The average Bonchev–Trinajstić information content (AvgIpc) is 2.48. The van der Waals surface area contributed by atoms with E-state index in [2.05, 4.69) is 26.9 Å². The van der Waals surface area contributed by atoms with Crippen LogP contribution in [0, 0.1) is 5.82 Å². The van der Waals surface area contributed by atoms with Crippen molar-refractivity contribution in [1.82, 2.24) is 0 Å². The zero-order valence-electron chi connectivity index (χ0n) is 11.7. The van der Waals surface area contributed by atoms with Crippen molar-refractivity contribution in [2.24, 2.45) is 0 Å². The van der Waals surface area contributed by atoms with E-state index in [1.54, 1.807) is 0 Å². The highest BCUT2D eigenvalue weighted by molar-refractivity contribution is 9.10. The Morgan fingerprint density at radius 1 is 1.33 bits per heavy atom. The standard InChI is InChI=1S/C16H18BrClFNO/c17-15-11-6-2-1-4-8-20(14-7-3-5-9-21-14)13(11)10-12(19)16(15)18/h2,6,10,14H,1,3-5,7-9H2/b6-2+. The van der Waals surface area contributed by atoms with E-state index in [4.69, 9.17) is 16.3 Å². The molecular formula is C16H18BrClFNO. The van der Waals surface area contributed by atoms with Crippen molar-refractivity contribution in [3.63, 3.8) is 0 Å². The monoisotopic (exact) mass is 373 g/mol. The first-order valence-corrected chi connectivity index (χ1v) is 8.58. The fraction of sp³-hybridized carbons (Fsp3) is 0.500. The van der Waals surface area contributed by atoms with Crippen molar-refractivity contribution in [1.29, 1.82) is 0 Å². The molecule has 0 spiro atoms. The molecule has 2 nitrogen and oxygen atoms in total. The Morgan fingerprint density at radius 2 is 2.19 bits per heavy atom. The van der Waals surface area contributed by atoms with Gasteiger partial charge in [0.15, 0.2) is 0 Å². The van der Waals surface area contributed by atoms with Crippen molar-refractivity contribution in [3.05, 3.63) is 33.0 Å². The molecule has 21 heavy (non-hydrogen) atoms. The fourth-order valence-corrected chi connectivity index (χ4v) is 3.64. The lowest BCUT2D eigenvalue weighted by Crippen LogP contribution is -2.41. The minimum atomic E-state index is -0.392. The van der Waals surface area contributed by atoms with Gasteiger partial charge in [0.05, 0.1) is 10.7 Å². The van der Waals surface area contributed by atoms with Gasteiger partial charge >= 0.3 is 0 Å². The van der Waals surface area contributed by atoms with Gasteiger partial charge in [-0.15, -0.1) is 0 Å². The summed E-state index contributed by atoms with van der Waals surface area (Å²) in [6, 6.07) is 1.54. The number of rotatable bonds is 1. The molecule has 1 saturated heterocycles. The van der Waals surface area contributed by atoms with E-state index < -0.39 is 5.82 Å². The summed E-state index contributed by atoms with van der Waals surface area (Å²) in [5.74, 6) is -0.392. The summed E-state index contributed by atoms with van der Waals surface area (Å²) in [7, 11) is 0. The first kappa shape index (κ1) is 15.3. The van der Waals surface area contributed by atoms with E-state index in [1.165, 1.54) is 6.07 Å². The largest absolute Gasteiger partial charge is 0.358 e. The molecule has 0 aromatic heterocycles. The topological polar surface area (TPSA) is 12.5 Å². The highest BCUT2D eigenvalue weighted by Crippen LogP contribution is 2.39. The van der Waals surface area contributed by atoms with Crippen LogP contribution in [0.5, 0.6) is 0 Å². The Bertz CT molecular complexity index is 558. The maximum Gasteiger partial charge on any atom is 0.145 e. The first-order valence-electron chi connectivity index (χ1n) is 7.41. The van der Waals surface area contributed by atoms with Crippen LogP contribution in [0.2, 0.25) is 5.02 Å². The number of nitrogens with zero attached hydrogens (tertiary/aromatic N) is 1. The number of hydrogen-bond donors (Lipinski definition) is 0. The second-order valence-electron chi connectivity index (χ2n) is 5.48. The van der Waals surface area contributed by atoms with Crippen LogP contribution in [0.15, 0.2) is 16.6 Å². The minimum absolute atomic E-state index is 0.0384. The molecular weight excluding hydrogens is 357 g/mol. The van der Waals surface area contributed by atoms with Gasteiger partial charge in [0.2, 0.25) is 0 Å². The quantitative estimate of drug-likeness (QED) is 0.612. The molecule has 2 heterocycles. The molecule has 114 valence electrons. The molecule has 1 atom stereocenters. The van der Waals surface area contributed by atoms with E-state index in [0.717, 1.165) is 56.5 Å². The molecule has 1 unspecified atom stereocenters. The van der Waals surface area contributed by atoms with Crippen molar-refractivity contribution < 1.29 is 9.13 Å². The first-order chi connectivity index (χ1) is 10.2. The van der Waals surface area contributed by atoms with Crippen molar-refractivity contribution in [2.45, 2.75) is 38.3 Å². The second kappa shape index (κ2) is 6.67. The second-order valence-corrected chi connectivity index (χ2v) is 6.65. The molecule has 5 heteroatoms. The Hall–Kier alpha value is -0.580. The Labute approximate surface area is 138 Å². The maximum atomic E-state index is 14.1. The van der Waals surface area contributed by atoms with E-state index in [-0.39, 0.29) is 11.3 Å². The third-order valence-corrected chi connectivity index (χ3v) is 5.47. The highest BCUT2D eigenvalue weighted by atomic mass is 79.9. The van der Waals surface area contributed by atoms with Gasteiger partial charge in [-0.2, -0.15) is 0 Å². The van der Waals surface area contributed by atoms with Crippen LogP contribution >= 0.6 is 27.5 Å². The predicted molar refractivity (Wildman–Crippen MR) is 88.3 cm³/mol. The lowest BCUT2D eigenvalue weighted by Gasteiger charge is -2.37. The van der Waals surface area contributed by atoms with Crippen LogP contribution in [0.25, 0.3) is 6.08 Å². The maximum absolute atomic E-state index is 14.1. The molecule has 0 radical (unpaired) electrons. The molecule has 0 N–H and O–H groups in total. The zero-order chi connectivity index (χ0) is 14.8. The van der Waals surface area contributed by atoms with Gasteiger partial charge < -0.3 is 9.64 Å². The Morgan fingerprint density at radius 3 is 2.95 bits per heavy atom. The zero-order valence-corrected chi connectivity index (χ0v) is 14.1. The lowest BCUT2D eigenvalue weighted by molar-refractivity contribution is 0.0141. The lowest BCUT2D eigenvalue weighted by atomic mass is 10.0. The summed E-state index contributed by atoms with van der Waals surface area (Å²) >= 11 is 9.47. The van der Waals surface area contributed by atoms with Gasteiger partial charge in [0, 0.05) is 23.2 Å². The molecule has 0 aliphatic carbocycles. The van der Waals surface area contributed by atoms with Crippen LogP contribution < -0.4 is 4.90 Å². The fourth-order valence-electron chi connectivity index (χ4n) is 2.96.